The van der Waals surface area contributed by atoms with Gasteiger partial charge in [-0.1, -0.05) is 19.0 Å². The number of cyclic esters (lactones) is 1. The summed E-state index contributed by atoms with van der Waals surface area (Å²) in [4.78, 5) is 62.8. The van der Waals surface area contributed by atoms with Crippen LogP contribution >= 0.6 is 0 Å². The van der Waals surface area contributed by atoms with Gasteiger partial charge in [0.25, 0.3) is 0 Å². The van der Waals surface area contributed by atoms with Gasteiger partial charge in [-0.2, -0.15) is 0 Å². The maximum absolute atomic E-state index is 14.0. The number of aliphatic hydroxyl groups is 1. The lowest BCUT2D eigenvalue weighted by atomic mass is 9.82. The third kappa shape index (κ3) is 9.74. The number of azide groups is 1. The molecule has 3 heterocycles. The van der Waals surface area contributed by atoms with Crippen molar-refractivity contribution < 1.29 is 48.0 Å². The molecular weight excluding hydrogens is 676 g/mol. The SMILES string of the molecule is CC[C@H]1OC(=O)[C@H](C)C(=O)C[C@@H](O[C@@H]2O[C@H](C)CC(N(C)C)C2O)[C@](C)(OC)C[C@@H](C)CN(C(C)=O)[C@H](C)[C@H]2N(CCCCN=[N+]=[N-])C(=O)O[C@]12C. The Morgan fingerprint density at radius 3 is 2.40 bits per heavy atom. The topological polar surface area (TPSA) is 193 Å². The van der Waals surface area contributed by atoms with Crippen LogP contribution in [0.2, 0.25) is 0 Å². The number of esters is 1. The van der Waals surface area contributed by atoms with Gasteiger partial charge in [-0.25, -0.2) is 4.79 Å². The second-order valence-corrected chi connectivity index (χ2v) is 15.5. The van der Waals surface area contributed by atoms with Crippen molar-refractivity contribution in [2.45, 2.75) is 154 Å². The van der Waals surface area contributed by atoms with Crippen molar-refractivity contribution in [1.82, 2.24) is 14.7 Å². The quantitative estimate of drug-likeness (QED) is 0.0848. The van der Waals surface area contributed by atoms with Crippen LogP contribution in [-0.2, 0) is 38.1 Å². The molecule has 3 aliphatic rings. The van der Waals surface area contributed by atoms with E-state index in [-0.39, 0.29) is 56.4 Å². The molecule has 0 bridgehead atoms. The zero-order valence-corrected chi connectivity index (χ0v) is 32.9. The number of carbonyl (C=O) groups is 4. The Balaban J connectivity index is 2.09. The number of fused-ring (bicyclic) bond motifs is 1. The highest BCUT2D eigenvalue weighted by Gasteiger charge is 2.59. The van der Waals surface area contributed by atoms with Gasteiger partial charge in [0.05, 0.1) is 29.9 Å². The maximum atomic E-state index is 14.0. The van der Waals surface area contributed by atoms with Gasteiger partial charge in [0, 0.05) is 51.0 Å². The summed E-state index contributed by atoms with van der Waals surface area (Å²) in [6, 6.07) is -1.59. The lowest BCUT2D eigenvalue weighted by Crippen LogP contribution is -2.62. The van der Waals surface area contributed by atoms with Gasteiger partial charge < -0.3 is 38.6 Å². The van der Waals surface area contributed by atoms with Gasteiger partial charge in [0.2, 0.25) is 5.91 Å². The molecule has 3 saturated heterocycles. The Morgan fingerprint density at radius 1 is 1.15 bits per heavy atom. The van der Waals surface area contributed by atoms with Gasteiger partial charge >= 0.3 is 12.1 Å². The number of amides is 2. The lowest BCUT2D eigenvalue weighted by molar-refractivity contribution is -0.289. The normalized spacial score (nSPS) is 38.1. The van der Waals surface area contributed by atoms with Gasteiger partial charge in [-0.3, -0.25) is 19.3 Å². The molecule has 0 spiro atoms. The molecule has 296 valence electrons. The van der Waals surface area contributed by atoms with Crippen LogP contribution in [-0.4, -0.2) is 144 Å². The number of hydrogen-bond donors (Lipinski definition) is 1. The summed E-state index contributed by atoms with van der Waals surface area (Å²) in [6.45, 7) is 14.8. The summed E-state index contributed by atoms with van der Waals surface area (Å²) in [5, 5.41) is 14.9. The number of Topliss-reactive ketones (excluding diaryl/α,β-unsaturated/α-hetero) is 1. The van der Waals surface area contributed by atoms with Crippen LogP contribution in [0.3, 0.4) is 0 Å². The van der Waals surface area contributed by atoms with E-state index in [0.29, 0.717) is 25.7 Å². The molecule has 0 aliphatic carbocycles. The molecule has 0 aromatic rings. The summed E-state index contributed by atoms with van der Waals surface area (Å²) in [5.74, 6) is -2.89. The van der Waals surface area contributed by atoms with Crippen LogP contribution in [0.15, 0.2) is 5.11 Å². The summed E-state index contributed by atoms with van der Waals surface area (Å²) in [5.41, 5.74) is 6.17. The van der Waals surface area contributed by atoms with E-state index in [1.807, 2.05) is 46.7 Å². The standard InChI is InChI=1S/C36H62N6O10/c1-12-28-36(8)31(41(34(47)52-36)16-14-13-15-38-39-37)24(5)42(25(6)43)20-21(2)19-35(7,48-11)29(18-27(44)23(4)32(46)50-28)51-33-30(45)26(40(9)10)17-22(3)49-33/h21-24,26,28-31,33,45H,12-20H2,1-11H3/t21-,22-,23-,24-,26?,28-,29-,30?,31-,33+,35-,36-/m1/s1. The first-order valence-electron chi connectivity index (χ1n) is 18.6. The third-order valence-corrected chi connectivity index (χ3v) is 11.3. The summed E-state index contributed by atoms with van der Waals surface area (Å²) in [7, 11) is 5.26. The van der Waals surface area contributed by atoms with Gasteiger partial charge in [-0.05, 0) is 92.3 Å². The van der Waals surface area contributed by atoms with E-state index in [4.69, 9.17) is 29.2 Å². The van der Waals surface area contributed by atoms with Crippen molar-refractivity contribution in [3.8, 4) is 0 Å². The van der Waals surface area contributed by atoms with Crippen LogP contribution < -0.4 is 0 Å². The fraction of sp³-hybridized carbons (Fsp3) is 0.889. The monoisotopic (exact) mass is 738 g/mol. The molecule has 1 N–H and O–H groups in total. The molecule has 3 rings (SSSR count). The average molecular weight is 739 g/mol. The smallest absolute Gasteiger partial charge is 0.410 e. The molecule has 0 radical (unpaired) electrons. The van der Waals surface area contributed by atoms with Crippen LogP contribution in [0.4, 0.5) is 4.79 Å². The van der Waals surface area contributed by atoms with Crippen molar-refractivity contribution in [2.24, 2.45) is 17.0 Å². The highest BCUT2D eigenvalue weighted by molar-refractivity contribution is 5.99. The van der Waals surface area contributed by atoms with Crippen molar-refractivity contribution in [1.29, 1.82) is 0 Å². The Hall–Kier alpha value is -3.01. The number of hydrogen-bond acceptors (Lipinski definition) is 12. The number of methoxy groups -OCH3 is 1. The van der Waals surface area contributed by atoms with Crippen LogP contribution in [0.25, 0.3) is 10.4 Å². The second-order valence-electron chi connectivity index (χ2n) is 15.5. The number of rotatable bonds is 10. The van der Waals surface area contributed by atoms with E-state index >= 15 is 0 Å². The first kappa shape index (κ1) is 43.4. The number of likely N-dealkylation sites (N-methyl/N-ethyl adjacent to an activating group) is 1. The summed E-state index contributed by atoms with van der Waals surface area (Å²) >= 11 is 0. The Labute approximate surface area is 308 Å². The lowest BCUT2D eigenvalue weighted by Gasteiger charge is -2.46. The number of ketones is 1. The van der Waals surface area contributed by atoms with E-state index in [1.54, 1.807) is 23.6 Å². The highest BCUT2D eigenvalue weighted by atomic mass is 16.7. The predicted octanol–water partition coefficient (Wildman–Crippen LogP) is 4.07. The van der Waals surface area contributed by atoms with Gasteiger partial charge in [-0.15, -0.1) is 0 Å². The largest absolute Gasteiger partial charge is 0.458 e. The van der Waals surface area contributed by atoms with E-state index in [9.17, 15) is 24.3 Å². The van der Waals surface area contributed by atoms with E-state index in [2.05, 4.69) is 10.0 Å². The Kier molecular flexibility index (Phi) is 15.3. The second kappa shape index (κ2) is 18.4. The third-order valence-electron chi connectivity index (χ3n) is 11.3. The zero-order chi connectivity index (χ0) is 39.1. The van der Waals surface area contributed by atoms with Crippen LogP contribution in [0.5, 0.6) is 0 Å². The van der Waals surface area contributed by atoms with Gasteiger partial charge in [0.1, 0.15) is 23.9 Å². The van der Waals surface area contributed by atoms with Crippen LogP contribution in [0, 0.1) is 11.8 Å². The van der Waals surface area contributed by atoms with Crippen molar-refractivity contribution >= 4 is 23.8 Å². The fourth-order valence-electron chi connectivity index (χ4n) is 8.22. The molecule has 0 aromatic carbocycles. The predicted molar refractivity (Wildman–Crippen MR) is 191 cm³/mol. The summed E-state index contributed by atoms with van der Waals surface area (Å²) < 4.78 is 30.9. The molecule has 2 amide bonds. The van der Waals surface area contributed by atoms with E-state index in [1.165, 1.54) is 21.0 Å². The number of carbonyl (C=O) groups excluding carboxylic acids is 4. The minimum absolute atomic E-state index is 0.216. The van der Waals surface area contributed by atoms with E-state index in [0.717, 1.165) is 0 Å². The summed E-state index contributed by atoms with van der Waals surface area (Å²) in [6.07, 6.45) is -2.90. The van der Waals surface area contributed by atoms with Crippen molar-refractivity contribution in [2.75, 3.05) is 40.8 Å². The molecule has 3 fully saturated rings. The van der Waals surface area contributed by atoms with Crippen LogP contribution in [0.1, 0.15) is 93.9 Å². The van der Waals surface area contributed by atoms with Gasteiger partial charge in [0.15, 0.2) is 11.9 Å². The Morgan fingerprint density at radius 2 is 1.83 bits per heavy atom. The fourth-order valence-corrected chi connectivity index (χ4v) is 8.22. The average Bonchev–Trinajstić information content (AvgIpc) is 3.34. The van der Waals surface area contributed by atoms with E-state index < -0.39 is 71.7 Å². The molecule has 52 heavy (non-hydrogen) atoms. The van der Waals surface area contributed by atoms with Crippen molar-refractivity contribution in [3.05, 3.63) is 10.4 Å². The number of unbranched alkanes of at least 4 members (excludes halogenated alkanes) is 1. The highest BCUT2D eigenvalue weighted by Crippen LogP contribution is 2.41. The first-order valence-corrected chi connectivity index (χ1v) is 18.6. The number of nitrogens with zero attached hydrogens (tertiary/aromatic N) is 6. The molecule has 0 saturated carbocycles. The molecule has 16 heteroatoms. The Bertz CT molecular complexity index is 1310. The molecule has 0 aromatic heterocycles. The molecule has 2 unspecified atom stereocenters. The minimum Gasteiger partial charge on any atom is -0.458 e. The first-order chi connectivity index (χ1) is 24.3. The number of aliphatic hydroxyl groups excluding tert-OH is 1. The zero-order valence-electron chi connectivity index (χ0n) is 32.9. The maximum Gasteiger partial charge on any atom is 0.410 e. The van der Waals surface area contributed by atoms with Crippen molar-refractivity contribution in [3.63, 3.8) is 0 Å². The molecule has 16 nitrogen and oxygen atoms in total. The molecular formula is C36H62N6O10. The molecule has 3 aliphatic heterocycles. The minimum atomic E-state index is -1.38. The number of ether oxygens (including phenoxy) is 5. The molecule has 12 atom stereocenters.